The van der Waals surface area contributed by atoms with Crippen molar-refractivity contribution in [1.29, 1.82) is 0 Å². The van der Waals surface area contributed by atoms with Crippen LogP contribution in [0.2, 0.25) is 22.8 Å². The van der Waals surface area contributed by atoms with Crippen LogP contribution < -0.4 is 0 Å². The van der Waals surface area contributed by atoms with Gasteiger partial charge in [0.2, 0.25) is 0 Å². The summed E-state index contributed by atoms with van der Waals surface area (Å²) >= 11 is 1.55. The Morgan fingerprint density at radius 2 is 1.40 bits per heavy atom. The normalized spacial score (nSPS) is 23.1. The standard InChI is InChI=1S/C16H31NSi.CH3.Zr/c1-11-12(2)14(17(8)15(4,5)6)16(7,13(11)3)18(9)10;;/h18H,1-10H3;1H3;. The van der Waals surface area contributed by atoms with Crippen LogP contribution in [0.25, 0.3) is 0 Å². The Labute approximate surface area is 144 Å². The Hall–Kier alpha value is 0.380. The molecule has 0 radical (unpaired) electrons. The summed E-state index contributed by atoms with van der Waals surface area (Å²) in [6.45, 7) is 21.3. The Balaban J connectivity index is 0.00000172. The molecule has 0 saturated heterocycles. The van der Waals surface area contributed by atoms with Crippen molar-refractivity contribution in [2.75, 3.05) is 7.05 Å². The van der Waals surface area contributed by atoms with E-state index in [1.807, 2.05) is 0 Å². The van der Waals surface area contributed by atoms with Gasteiger partial charge in [0.1, 0.15) is 0 Å². The van der Waals surface area contributed by atoms with E-state index < -0.39 is 8.80 Å². The first kappa shape index (κ1) is 20.4. The Bertz CT molecular complexity index is 415. The van der Waals surface area contributed by atoms with E-state index in [4.69, 9.17) is 0 Å². The second kappa shape index (κ2) is 7.09. The molecule has 0 aromatic rings. The first-order valence-corrected chi connectivity index (χ1v) is 12.9. The quantitative estimate of drug-likeness (QED) is 0.605. The van der Waals surface area contributed by atoms with Gasteiger partial charge in [-0.1, -0.05) is 25.6 Å². The van der Waals surface area contributed by atoms with Crippen LogP contribution in [0.5, 0.6) is 0 Å². The first-order valence-electron chi connectivity index (χ1n) is 7.59. The van der Waals surface area contributed by atoms with Gasteiger partial charge in [0.05, 0.1) is 0 Å². The van der Waals surface area contributed by atoms with Gasteiger partial charge in [-0.3, -0.25) is 0 Å². The van der Waals surface area contributed by atoms with Crippen molar-refractivity contribution in [3.63, 3.8) is 0 Å². The fourth-order valence-electron chi connectivity index (χ4n) is 3.06. The summed E-state index contributed by atoms with van der Waals surface area (Å²) in [4.78, 5) is 2.51. The monoisotopic (exact) mass is 370 g/mol. The van der Waals surface area contributed by atoms with E-state index in [9.17, 15) is 0 Å². The maximum atomic E-state index is 2.51. The van der Waals surface area contributed by atoms with Crippen molar-refractivity contribution >= 4 is 8.80 Å². The zero-order valence-electron chi connectivity index (χ0n) is 15.5. The average molecular weight is 372 g/mol. The van der Waals surface area contributed by atoms with Crippen molar-refractivity contribution in [3.05, 3.63) is 22.4 Å². The van der Waals surface area contributed by atoms with Gasteiger partial charge < -0.3 is 4.90 Å². The van der Waals surface area contributed by atoms with E-state index in [1.54, 1.807) is 36.0 Å². The van der Waals surface area contributed by atoms with Gasteiger partial charge in [-0.15, -0.1) is 0 Å². The van der Waals surface area contributed by atoms with Crippen molar-refractivity contribution in [2.24, 2.45) is 0 Å². The number of rotatable bonds is 2. The molecule has 3 heteroatoms. The summed E-state index contributed by atoms with van der Waals surface area (Å²) in [5.74, 6) is 0. The summed E-state index contributed by atoms with van der Waals surface area (Å²) < 4.78 is 2.09. The van der Waals surface area contributed by atoms with E-state index in [0.29, 0.717) is 5.04 Å². The predicted molar refractivity (Wildman–Crippen MR) is 91.7 cm³/mol. The number of hydrogen-bond donors (Lipinski definition) is 0. The van der Waals surface area contributed by atoms with Crippen LogP contribution in [-0.4, -0.2) is 26.3 Å². The van der Waals surface area contributed by atoms with Crippen molar-refractivity contribution in [1.82, 2.24) is 4.90 Å². The van der Waals surface area contributed by atoms with Gasteiger partial charge in [0.25, 0.3) is 0 Å². The van der Waals surface area contributed by atoms with E-state index >= 15 is 0 Å². The number of nitrogens with zero attached hydrogens (tertiary/aromatic N) is 1. The van der Waals surface area contributed by atoms with Crippen molar-refractivity contribution < 1.29 is 24.7 Å². The molecule has 1 unspecified atom stereocenters. The molecule has 20 heavy (non-hydrogen) atoms. The molecule has 1 aliphatic carbocycles. The van der Waals surface area contributed by atoms with Gasteiger partial charge in [0.15, 0.2) is 0 Å². The Kier molecular flexibility index (Phi) is 7.23. The first-order chi connectivity index (χ1) is 8.95. The molecule has 0 fully saturated rings. The molecular formula is C17H34NSiZr. The zero-order chi connectivity index (χ0) is 16.5. The molecule has 1 nitrogen and oxygen atoms in total. The summed E-state index contributed by atoms with van der Waals surface area (Å²) in [5, 5.41) is 0.316. The average Bonchev–Trinajstić information content (AvgIpc) is 2.53. The summed E-state index contributed by atoms with van der Waals surface area (Å²) in [6, 6.07) is 0. The fourth-order valence-corrected chi connectivity index (χ4v) is 5.10. The molecule has 1 aliphatic rings. The molecule has 0 aromatic heterocycles. The fraction of sp³-hybridized carbons (Fsp3) is 0.765. The van der Waals surface area contributed by atoms with Crippen molar-refractivity contribution in [2.45, 2.75) is 76.8 Å². The molecule has 0 amide bonds. The third kappa shape index (κ3) is 3.40. The Morgan fingerprint density at radius 1 is 1.00 bits per heavy atom. The molecule has 0 saturated carbocycles. The molecule has 0 aliphatic heterocycles. The third-order valence-corrected chi connectivity index (χ3v) is 8.26. The molecule has 1 rings (SSSR count). The van der Waals surface area contributed by atoms with Gasteiger partial charge in [-0.05, 0) is 52.7 Å². The molecule has 0 bridgehead atoms. The topological polar surface area (TPSA) is 3.24 Å². The molecule has 0 heterocycles. The summed E-state index contributed by atoms with van der Waals surface area (Å²) in [5.41, 5.74) is 6.39. The van der Waals surface area contributed by atoms with Crippen molar-refractivity contribution in [3.8, 4) is 0 Å². The minimum absolute atomic E-state index is 0.187. The van der Waals surface area contributed by atoms with E-state index in [2.05, 4.69) is 78.1 Å². The second-order valence-electron chi connectivity index (χ2n) is 7.31. The number of hydrogen-bond acceptors (Lipinski definition) is 1. The van der Waals surface area contributed by atoms with Crippen LogP contribution in [0.4, 0.5) is 0 Å². The van der Waals surface area contributed by atoms with Crippen LogP contribution in [0.3, 0.4) is 0 Å². The second-order valence-corrected chi connectivity index (χ2v) is 10.8. The van der Waals surface area contributed by atoms with Gasteiger partial charge in [0, 0.05) is 32.1 Å². The van der Waals surface area contributed by atoms with Crippen LogP contribution in [0, 0.1) is 0 Å². The predicted octanol–water partition coefficient (Wildman–Crippen LogP) is 5.17. The van der Waals surface area contributed by atoms with Gasteiger partial charge >= 0.3 is 29.4 Å². The maximum absolute atomic E-state index is 2.51. The zero-order valence-corrected chi connectivity index (χ0v) is 19.1. The van der Waals surface area contributed by atoms with E-state index in [-0.39, 0.29) is 5.54 Å². The Morgan fingerprint density at radius 3 is 1.70 bits per heavy atom. The van der Waals surface area contributed by atoms with E-state index in [1.165, 1.54) is 11.1 Å². The number of allylic oxidation sites excluding steroid dienone is 3. The molecule has 1 atom stereocenters. The molecule has 0 spiro atoms. The molecule has 115 valence electrons. The third-order valence-electron chi connectivity index (χ3n) is 5.25. The van der Waals surface area contributed by atoms with E-state index in [0.717, 1.165) is 0 Å². The molecule has 0 aromatic carbocycles. The summed E-state index contributed by atoms with van der Waals surface area (Å²) in [7, 11) is 1.45. The van der Waals surface area contributed by atoms with Crippen LogP contribution in [0.1, 0.15) is 48.5 Å². The van der Waals surface area contributed by atoms with Crippen LogP contribution in [-0.2, 0) is 24.7 Å². The van der Waals surface area contributed by atoms with Gasteiger partial charge in [-0.2, -0.15) is 0 Å². The minimum atomic E-state index is -0.816. The molecular weight excluding hydrogens is 338 g/mol. The van der Waals surface area contributed by atoms with Crippen LogP contribution >= 0.6 is 0 Å². The molecule has 0 N–H and O–H groups in total. The summed E-state index contributed by atoms with van der Waals surface area (Å²) in [6.07, 6.45) is 0. The SMILES string of the molecule is CC1=C(C)C(C)([SiH](C)C)C(N(C)C(C)(C)C)=C1C.[CH3][Zr]. The van der Waals surface area contributed by atoms with Crippen LogP contribution in [0.15, 0.2) is 22.4 Å². The van der Waals surface area contributed by atoms with Gasteiger partial charge in [-0.25, -0.2) is 0 Å².